The molecule has 0 saturated heterocycles. The first-order valence-corrected chi connectivity index (χ1v) is 12.1. The van der Waals surface area contributed by atoms with Crippen LogP contribution in [0.5, 0.6) is 11.5 Å². The van der Waals surface area contributed by atoms with Crippen LogP contribution in [-0.2, 0) is 10.0 Å². The van der Waals surface area contributed by atoms with Crippen LogP contribution in [0.25, 0.3) is 0 Å². The van der Waals surface area contributed by atoms with Crippen molar-refractivity contribution in [3.05, 3.63) is 83.9 Å². The summed E-state index contributed by atoms with van der Waals surface area (Å²) in [5.74, 6) is -0.310. The quantitative estimate of drug-likeness (QED) is 0.362. The van der Waals surface area contributed by atoms with Gasteiger partial charge in [0.1, 0.15) is 11.5 Å². The second-order valence-electron chi connectivity index (χ2n) is 7.22. The summed E-state index contributed by atoms with van der Waals surface area (Å²) in [7, 11) is -2.20. The van der Waals surface area contributed by atoms with E-state index >= 15 is 0 Å². The molecule has 178 valence electrons. The van der Waals surface area contributed by atoms with Gasteiger partial charge in [-0.15, -0.1) is 0 Å². The predicted octanol–water partition coefficient (Wildman–Crippen LogP) is 4.20. The number of carbonyl (C=O) groups excluding carboxylic acids is 2. The van der Waals surface area contributed by atoms with Crippen LogP contribution >= 0.6 is 0 Å². The minimum absolute atomic E-state index is 0.0185. The Labute approximate surface area is 199 Å². The molecule has 0 radical (unpaired) electrons. The van der Waals surface area contributed by atoms with E-state index in [1.165, 1.54) is 41.7 Å². The molecule has 34 heavy (non-hydrogen) atoms. The Bertz CT molecular complexity index is 1290. The summed E-state index contributed by atoms with van der Waals surface area (Å²) in [6.45, 7) is 4.14. The highest BCUT2D eigenvalue weighted by Gasteiger charge is 2.23. The van der Waals surface area contributed by atoms with Gasteiger partial charge in [-0.3, -0.25) is 4.79 Å². The van der Waals surface area contributed by atoms with Gasteiger partial charge in [0.05, 0.1) is 17.6 Å². The fraction of sp³-hybridized carbons (Fsp3) is 0.200. The minimum Gasteiger partial charge on any atom is -0.497 e. The Morgan fingerprint density at radius 3 is 2.21 bits per heavy atom. The molecule has 8 nitrogen and oxygen atoms in total. The number of carbonyl (C=O) groups is 2. The second kappa shape index (κ2) is 11.0. The number of rotatable bonds is 9. The third-order valence-electron chi connectivity index (χ3n) is 5.05. The number of esters is 1. The number of nitrogens with zero attached hydrogens (tertiary/aromatic N) is 1. The van der Waals surface area contributed by atoms with Crippen molar-refractivity contribution in [3.8, 4) is 11.5 Å². The van der Waals surface area contributed by atoms with Crippen LogP contribution in [0.2, 0.25) is 0 Å². The molecule has 0 spiro atoms. The predicted molar refractivity (Wildman–Crippen MR) is 129 cm³/mol. The number of nitrogens with one attached hydrogen (secondary N) is 1. The van der Waals surface area contributed by atoms with Crippen molar-refractivity contribution >= 4 is 27.6 Å². The fourth-order valence-corrected chi connectivity index (χ4v) is 4.77. The van der Waals surface area contributed by atoms with E-state index in [1.54, 1.807) is 56.3 Å². The lowest BCUT2D eigenvalue weighted by Crippen LogP contribution is -2.30. The van der Waals surface area contributed by atoms with Crippen molar-refractivity contribution in [1.29, 1.82) is 0 Å². The van der Waals surface area contributed by atoms with Gasteiger partial charge in [-0.1, -0.05) is 32.0 Å². The Morgan fingerprint density at radius 2 is 1.50 bits per heavy atom. The van der Waals surface area contributed by atoms with E-state index in [0.29, 0.717) is 30.1 Å². The molecule has 0 aliphatic heterocycles. The largest absolute Gasteiger partial charge is 0.497 e. The third-order valence-corrected chi connectivity index (χ3v) is 7.09. The van der Waals surface area contributed by atoms with Crippen molar-refractivity contribution in [1.82, 2.24) is 4.31 Å². The molecule has 3 rings (SSSR count). The van der Waals surface area contributed by atoms with Gasteiger partial charge in [-0.05, 0) is 48.5 Å². The van der Waals surface area contributed by atoms with Gasteiger partial charge in [0.2, 0.25) is 10.0 Å². The van der Waals surface area contributed by atoms with Crippen LogP contribution < -0.4 is 14.8 Å². The monoisotopic (exact) mass is 482 g/mol. The molecule has 0 aliphatic carbocycles. The van der Waals surface area contributed by atoms with Gasteiger partial charge in [-0.2, -0.15) is 4.31 Å². The lowest BCUT2D eigenvalue weighted by Gasteiger charge is -2.18. The number of anilines is 1. The first-order valence-electron chi connectivity index (χ1n) is 10.7. The Kier molecular flexibility index (Phi) is 8.04. The first-order chi connectivity index (χ1) is 16.3. The number of ether oxygens (including phenoxy) is 2. The zero-order valence-electron chi connectivity index (χ0n) is 19.1. The SMILES string of the molecule is CCN(CC)S(=O)(=O)c1cccc(C(=O)Oc2cccc(NC(=O)c3cccc(OC)c3)c2)c1. The molecular formula is C25H26N2O6S. The molecule has 0 saturated carbocycles. The molecule has 1 amide bonds. The number of methoxy groups -OCH3 is 1. The van der Waals surface area contributed by atoms with Crippen LogP contribution in [0.15, 0.2) is 77.7 Å². The molecule has 9 heteroatoms. The van der Waals surface area contributed by atoms with Crippen molar-refractivity contribution in [2.45, 2.75) is 18.7 Å². The molecule has 0 bridgehead atoms. The van der Waals surface area contributed by atoms with E-state index < -0.39 is 16.0 Å². The third kappa shape index (κ3) is 5.81. The van der Waals surface area contributed by atoms with Crippen LogP contribution in [0, 0.1) is 0 Å². The summed E-state index contributed by atoms with van der Waals surface area (Å²) in [6, 6.07) is 18.8. The number of benzene rings is 3. The fourth-order valence-electron chi connectivity index (χ4n) is 3.27. The maximum absolute atomic E-state index is 12.8. The van der Waals surface area contributed by atoms with Crippen molar-refractivity contribution < 1.29 is 27.5 Å². The maximum atomic E-state index is 12.8. The highest BCUT2D eigenvalue weighted by atomic mass is 32.2. The van der Waals surface area contributed by atoms with Crippen LogP contribution in [0.3, 0.4) is 0 Å². The van der Waals surface area contributed by atoms with E-state index in [-0.39, 0.29) is 22.1 Å². The van der Waals surface area contributed by atoms with E-state index in [2.05, 4.69) is 5.32 Å². The first kappa shape index (κ1) is 24.9. The van der Waals surface area contributed by atoms with Gasteiger partial charge in [0, 0.05) is 30.4 Å². The van der Waals surface area contributed by atoms with E-state index in [4.69, 9.17) is 9.47 Å². The highest BCUT2D eigenvalue weighted by molar-refractivity contribution is 7.89. The summed E-state index contributed by atoms with van der Waals surface area (Å²) in [5.41, 5.74) is 0.933. The summed E-state index contributed by atoms with van der Waals surface area (Å²) in [4.78, 5) is 25.3. The molecular weight excluding hydrogens is 456 g/mol. The van der Waals surface area contributed by atoms with Crippen molar-refractivity contribution in [3.63, 3.8) is 0 Å². The van der Waals surface area contributed by atoms with E-state index in [9.17, 15) is 18.0 Å². The lowest BCUT2D eigenvalue weighted by molar-refractivity contribution is 0.0734. The average Bonchev–Trinajstić information content (AvgIpc) is 2.85. The smallest absolute Gasteiger partial charge is 0.343 e. The lowest BCUT2D eigenvalue weighted by atomic mass is 10.2. The molecule has 0 aromatic heterocycles. The molecule has 0 atom stereocenters. The maximum Gasteiger partial charge on any atom is 0.343 e. The highest BCUT2D eigenvalue weighted by Crippen LogP contribution is 2.22. The molecule has 0 aliphatic rings. The van der Waals surface area contributed by atoms with Gasteiger partial charge in [-0.25, -0.2) is 13.2 Å². The Hall–Kier alpha value is -3.69. The minimum atomic E-state index is -3.71. The number of hydrogen-bond acceptors (Lipinski definition) is 6. The number of hydrogen-bond donors (Lipinski definition) is 1. The average molecular weight is 483 g/mol. The van der Waals surface area contributed by atoms with Crippen LogP contribution in [0.1, 0.15) is 34.6 Å². The standard InChI is InChI=1S/C25H26N2O6S/c1-4-27(5-2)34(30,31)23-14-7-10-19(16-23)25(29)33-22-13-8-11-20(17-22)26-24(28)18-9-6-12-21(15-18)32-3/h6-17H,4-5H2,1-3H3,(H,26,28). The zero-order valence-corrected chi connectivity index (χ0v) is 20.0. The Balaban J connectivity index is 1.75. The van der Waals surface area contributed by atoms with Crippen LogP contribution in [0.4, 0.5) is 5.69 Å². The van der Waals surface area contributed by atoms with Crippen LogP contribution in [-0.4, -0.2) is 44.8 Å². The zero-order chi connectivity index (χ0) is 24.7. The summed E-state index contributed by atoms with van der Waals surface area (Å²) < 4.78 is 37.4. The van der Waals surface area contributed by atoms with Gasteiger partial charge >= 0.3 is 5.97 Å². The summed E-state index contributed by atoms with van der Waals surface area (Å²) in [5, 5.41) is 2.75. The number of sulfonamides is 1. The van der Waals surface area contributed by atoms with Crippen molar-refractivity contribution in [2.75, 3.05) is 25.5 Å². The molecule has 0 heterocycles. The molecule has 1 N–H and O–H groups in total. The van der Waals surface area contributed by atoms with Gasteiger partial charge in [0.15, 0.2) is 0 Å². The van der Waals surface area contributed by atoms with E-state index in [0.717, 1.165) is 0 Å². The molecule has 0 fully saturated rings. The van der Waals surface area contributed by atoms with Gasteiger partial charge < -0.3 is 14.8 Å². The summed E-state index contributed by atoms with van der Waals surface area (Å²) >= 11 is 0. The van der Waals surface area contributed by atoms with Gasteiger partial charge in [0.25, 0.3) is 5.91 Å². The van der Waals surface area contributed by atoms with E-state index in [1.807, 2.05) is 0 Å². The normalized spacial score (nSPS) is 11.2. The topological polar surface area (TPSA) is 102 Å². The molecule has 0 unspecified atom stereocenters. The molecule has 3 aromatic rings. The number of amides is 1. The second-order valence-corrected chi connectivity index (χ2v) is 9.16. The Morgan fingerprint density at radius 1 is 0.853 bits per heavy atom. The summed E-state index contributed by atoms with van der Waals surface area (Å²) in [6.07, 6.45) is 0. The molecule has 3 aromatic carbocycles. The van der Waals surface area contributed by atoms with Crippen molar-refractivity contribution in [2.24, 2.45) is 0 Å².